The number of halogens is 3. The van der Waals surface area contributed by atoms with Gasteiger partial charge in [0.25, 0.3) is 0 Å². The Hall–Kier alpha value is -1.16. The van der Waals surface area contributed by atoms with Gasteiger partial charge in [0.2, 0.25) is 0 Å². The lowest BCUT2D eigenvalue weighted by atomic mass is 10.2. The molecule has 0 radical (unpaired) electrons. The molecule has 0 amide bonds. The van der Waals surface area contributed by atoms with Crippen molar-refractivity contribution in [3.05, 3.63) is 28.8 Å². The Bertz CT molecular complexity index is 397. The maximum Gasteiger partial charge on any atom is 0.151 e. The van der Waals surface area contributed by atoms with Gasteiger partial charge in [-0.25, -0.2) is 8.78 Å². The summed E-state index contributed by atoms with van der Waals surface area (Å²) in [6.45, 7) is 0.557. The van der Waals surface area contributed by atoms with Crippen LogP contribution in [-0.4, -0.2) is 12.4 Å². The van der Waals surface area contributed by atoms with Crippen LogP contribution in [0.25, 0.3) is 0 Å². The maximum absolute atomic E-state index is 13.5. The number of hydrogen-bond donors (Lipinski definition) is 1. The zero-order chi connectivity index (χ0) is 11.0. The fraction of sp³-hybridized carbons (Fsp3) is 0.300. The van der Waals surface area contributed by atoms with Crippen molar-refractivity contribution in [3.63, 3.8) is 0 Å². The second kappa shape index (κ2) is 3.77. The standard InChI is InChI=1S/C10H9ClF2N2/c11-7-4-6(12)5-8(13)10(7)15-3-1-2-9(15)14/h4-5,14H,1-3H2. The summed E-state index contributed by atoms with van der Waals surface area (Å²) in [7, 11) is 0. The van der Waals surface area contributed by atoms with Crippen molar-refractivity contribution in [2.75, 3.05) is 11.4 Å². The molecule has 0 bridgehead atoms. The minimum Gasteiger partial charge on any atom is -0.327 e. The van der Waals surface area contributed by atoms with E-state index in [-0.39, 0.29) is 10.7 Å². The molecular formula is C10H9ClF2N2. The molecule has 1 aliphatic heterocycles. The Balaban J connectivity index is 2.47. The predicted molar refractivity (Wildman–Crippen MR) is 55.7 cm³/mol. The molecule has 1 fully saturated rings. The lowest BCUT2D eigenvalue weighted by Crippen LogP contribution is -2.24. The second-order valence-electron chi connectivity index (χ2n) is 3.42. The molecule has 5 heteroatoms. The average molecular weight is 231 g/mol. The number of nitrogens with zero attached hydrogens (tertiary/aromatic N) is 1. The molecule has 2 nitrogen and oxygen atoms in total. The van der Waals surface area contributed by atoms with E-state index in [1.54, 1.807) is 0 Å². The number of amidine groups is 1. The Morgan fingerprint density at radius 2 is 2.07 bits per heavy atom. The molecule has 2 rings (SSSR count). The van der Waals surface area contributed by atoms with Crippen molar-refractivity contribution < 1.29 is 8.78 Å². The quantitative estimate of drug-likeness (QED) is 0.788. The van der Waals surface area contributed by atoms with Crippen molar-refractivity contribution in [2.24, 2.45) is 0 Å². The molecule has 1 saturated heterocycles. The predicted octanol–water partition coefficient (Wildman–Crippen LogP) is 3.20. The fourth-order valence-electron chi connectivity index (χ4n) is 1.71. The molecule has 1 heterocycles. The van der Waals surface area contributed by atoms with Gasteiger partial charge >= 0.3 is 0 Å². The van der Waals surface area contributed by atoms with Gasteiger partial charge in [-0.15, -0.1) is 0 Å². The first kappa shape index (κ1) is 10.4. The zero-order valence-corrected chi connectivity index (χ0v) is 8.61. The molecule has 80 valence electrons. The highest BCUT2D eigenvalue weighted by Gasteiger charge is 2.24. The van der Waals surface area contributed by atoms with E-state index in [2.05, 4.69) is 0 Å². The van der Waals surface area contributed by atoms with E-state index in [0.717, 1.165) is 18.6 Å². The van der Waals surface area contributed by atoms with Gasteiger partial charge in [0, 0.05) is 19.0 Å². The Morgan fingerprint density at radius 3 is 2.60 bits per heavy atom. The Kier molecular flexibility index (Phi) is 2.61. The summed E-state index contributed by atoms with van der Waals surface area (Å²) in [6, 6.07) is 1.85. The van der Waals surface area contributed by atoms with Crippen LogP contribution in [0, 0.1) is 17.0 Å². The molecule has 1 N–H and O–H groups in total. The third-order valence-corrected chi connectivity index (χ3v) is 2.66. The molecule has 0 atom stereocenters. The highest BCUT2D eigenvalue weighted by Crippen LogP contribution is 2.32. The second-order valence-corrected chi connectivity index (χ2v) is 3.83. The monoisotopic (exact) mass is 230 g/mol. The zero-order valence-electron chi connectivity index (χ0n) is 7.86. The smallest absolute Gasteiger partial charge is 0.151 e. The molecule has 0 saturated carbocycles. The number of nitrogens with one attached hydrogen (secondary N) is 1. The van der Waals surface area contributed by atoms with E-state index in [1.807, 2.05) is 0 Å². The van der Waals surface area contributed by atoms with Crippen LogP contribution >= 0.6 is 11.6 Å². The van der Waals surface area contributed by atoms with Crippen LogP contribution in [-0.2, 0) is 0 Å². The van der Waals surface area contributed by atoms with Gasteiger partial charge in [0.05, 0.1) is 10.7 Å². The lowest BCUT2D eigenvalue weighted by molar-refractivity contribution is 0.583. The van der Waals surface area contributed by atoms with Crippen LogP contribution in [0.2, 0.25) is 5.02 Å². The van der Waals surface area contributed by atoms with Gasteiger partial charge in [0.1, 0.15) is 11.7 Å². The van der Waals surface area contributed by atoms with Crippen LogP contribution in [0.1, 0.15) is 12.8 Å². The maximum atomic E-state index is 13.5. The molecule has 1 aromatic rings. The third-order valence-electron chi connectivity index (χ3n) is 2.37. The number of hydrogen-bond acceptors (Lipinski definition) is 1. The molecule has 15 heavy (non-hydrogen) atoms. The highest BCUT2D eigenvalue weighted by molar-refractivity contribution is 6.34. The van der Waals surface area contributed by atoms with E-state index < -0.39 is 11.6 Å². The summed E-state index contributed by atoms with van der Waals surface area (Å²) in [6.07, 6.45) is 1.40. The number of rotatable bonds is 1. The van der Waals surface area contributed by atoms with Crippen LogP contribution in [0.5, 0.6) is 0 Å². The normalized spacial score (nSPS) is 16.2. The fourth-order valence-corrected chi connectivity index (χ4v) is 2.01. The van der Waals surface area contributed by atoms with Crippen LogP contribution in [0.4, 0.5) is 14.5 Å². The number of benzene rings is 1. The Labute approximate surface area is 91.0 Å². The highest BCUT2D eigenvalue weighted by atomic mass is 35.5. The molecule has 0 unspecified atom stereocenters. The summed E-state index contributed by atoms with van der Waals surface area (Å²) in [5.74, 6) is -1.10. The van der Waals surface area contributed by atoms with E-state index in [4.69, 9.17) is 17.0 Å². The first-order chi connectivity index (χ1) is 7.09. The topological polar surface area (TPSA) is 27.1 Å². The SMILES string of the molecule is N=C1CCCN1c1c(F)cc(F)cc1Cl. The minimum absolute atomic E-state index is 0.0131. The van der Waals surface area contributed by atoms with Gasteiger partial charge in [-0.3, -0.25) is 5.41 Å². The van der Waals surface area contributed by atoms with Gasteiger partial charge < -0.3 is 4.90 Å². The first-order valence-corrected chi connectivity index (χ1v) is 4.97. The van der Waals surface area contributed by atoms with E-state index >= 15 is 0 Å². The van der Waals surface area contributed by atoms with Gasteiger partial charge in [-0.2, -0.15) is 0 Å². The average Bonchev–Trinajstić information content (AvgIpc) is 2.50. The summed E-state index contributed by atoms with van der Waals surface area (Å²) in [5, 5.41) is 7.61. The summed E-state index contributed by atoms with van der Waals surface area (Å²) in [5.41, 5.74) is 0.112. The van der Waals surface area contributed by atoms with Crippen LogP contribution in [0.15, 0.2) is 12.1 Å². The van der Waals surface area contributed by atoms with Crippen LogP contribution in [0.3, 0.4) is 0 Å². The molecule has 1 aliphatic rings. The summed E-state index contributed by atoms with van der Waals surface area (Å²) >= 11 is 5.76. The molecule has 1 aromatic carbocycles. The van der Waals surface area contributed by atoms with Gasteiger partial charge in [-0.05, 0) is 12.5 Å². The molecule has 0 spiro atoms. The molecule has 0 aliphatic carbocycles. The Morgan fingerprint density at radius 1 is 1.33 bits per heavy atom. The van der Waals surface area contributed by atoms with Crippen molar-refractivity contribution in [1.82, 2.24) is 0 Å². The van der Waals surface area contributed by atoms with Gasteiger partial charge in [0.15, 0.2) is 5.82 Å². The number of anilines is 1. The largest absolute Gasteiger partial charge is 0.327 e. The van der Waals surface area contributed by atoms with Crippen molar-refractivity contribution >= 4 is 23.1 Å². The van der Waals surface area contributed by atoms with E-state index in [9.17, 15) is 8.78 Å². The first-order valence-electron chi connectivity index (χ1n) is 4.59. The third kappa shape index (κ3) is 1.81. The van der Waals surface area contributed by atoms with Gasteiger partial charge in [-0.1, -0.05) is 11.6 Å². The van der Waals surface area contributed by atoms with Crippen molar-refractivity contribution in [1.29, 1.82) is 5.41 Å². The summed E-state index contributed by atoms with van der Waals surface area (Å²) < 4.78 is 26.3. The van der Waals surface area contributed by atoms with E-state index in [1.165, 1.54) is 4.90 Å². The van der Waals surface area contributed by atoms with E-state index in [0.29, 0.717) is 18.8 Å². The van der Waals surface area contributed by atoms with Crippen molar-refractivity contribution in [2.45, 2.75) is 12.8 Å². The lowest BCUT2D eigenvalue weighted by Gasteiger charge is -2.19. The summed E-state index contributed by atoms with van der Waals surface area (Å²) in [4.78, 5) is 1.48. The molecule has 0 aromatic heterocycles. The van der Waals surface area contributed by atoms with Crippen molar-refractivity contribution in [3.8, 4) is 0 Å². The molecular weight excluding hydrogens is 222 g/mol. The minimum atomic E-state index is -0.716. The van der Waals surface area contributed by atoms with Crippen LogP contribution < -0.4 is 4.90 Å².